The molecule has 2 aromatic rings. The van der Waals surface area contributed by atoms with Crippen molar-refractivity contribution in [1.29, 1.82) is 0 Å². The zero-order valence-corrected chi connectivity index (χ0v) is 11.0. The normalized spacial score (nSPS) is 10.1. The molecule has 1 heterocycles. The van der Waals surface area contributed by atoms with Crippen LogP contribution in [0.3, 0.4) is 0 Å². The number of carbonyl (C=O) groups excluding carboxylic acids is 1. The van der Waals surface area contributed by atoms with Crippen LogP contribution in [0.2, 0.25) is 0 Å². The molecule has 0 fully saturated rings. The molecular formula is C12H12N6O3. The molecule has 0 spiro atoms. The summed E-state index contributed by atoms with van der Waals surface area (Å²) in [6.45, 7) is 1.58. The van der Waals surface area contributed by atoms with Crippen molar-refractivity contribution in [1.82, 2.24) is 9.97 Å². The first kappa shape index (κ1) is 14.2. The fourth-order valence-electron chi connectivity index (χ4n) is 1.67. The van der Waals surface area contributed by atoms with Gasteiger partial charge in [0.05, 0.1) is 4.92 Å². The number of carbonyl (C=O) groups is 1. The van der Waals surface area contributed by atoms with E-state index >= 15 is 0 Å². The number of aryl methyl sites for hydroxylation is 1. The Morgan fingerprint density at radius 3 is 2.48 bits per heavy atom. The highest BCUT2D eigenvalue weighted by Crippen LogP contribution is 2.23. The van der Waals surface area contributed by atoms with Gasteiger partial charge in [0.2, 0.25) is 0 Å². The van der Waals surface area contributed by atoms with Gasteiger partial charge in [0.15, 0.2) is 11.6 Å². The number of amides is 1. The number of rotatable bonds is 3. The maximum absolute atomic E-state index is 12.1. The lowest BCUT2D eigenvalue weighted by molar-refractivity contribution is -0.385. The van der Waals surface area contributed by atoms with Crippen LogP contribution in [0.1, 0.15) is 15.9 Å². The van der Waals surface area contributed by atoms with Gasteiger partial charge in [-0.2, -0.15) is 0 Å². The fourth-order valence-corrected chi connectivity index (χ4v) is 1.67. The molecule has 5 N–H and O–H groups in total. The van der Waals surface area contributed by atoms with Gasteiger partial charge in [0.1, 0.15) is 12.0 Å². The third kappa shape index (κ3) is 2.86. The number of nitrogens with one attached hydrogen (secondary N) is 1. The minimum atomic E-state index is -0.591. The molecule has 2 rings (SSSR count). The molecule has 1 amide bonds. The van der Waals surface area contributed by atoms with Gasteiger partial charge >= 0.3 is 0 Å². The molecule has 0 radical (unpaired) electrons. The Kier molecular flexibility index (Phi) is 3.65. The van der Waals surface area contributed by atoms with E-state index in [-0.39, 0.29) is 28.6 Å². The van der Waals surface area contributed by atoms with Crippen molar-refractivity contribution in [2.24, 2.45) is 0 Å². The van der Waals surface area contributed by atoms with Gasteiger partial charge in [-0.25, -0.2) is 9.97 Å². The number of anilines is 3. The number of hydrogen-bond acceptors (Lipinski definition) is 7. The summed E-state index contributed by atoms with van der Waals surface area (Å²) in [6, 6.07) is 4.13. The Hall–Kier alpha value is -3.23. The van der Waals surface area contributed by atoms with E-state index in [0.717, 1.165) is 6.33 Å². The second-order valence-electron chi connectivity index (χ2n) is 4.23. The topological polar surface area (TPSA) is 150 Å². The average Bonchev–Trinajstić information content (AvgIpc) is 2.43. The molecule has 0 saturated carbocycles. The summed E-state index contributed by atoms with van der Waals surface area (Å²) in [5.74, 6) is -0.568. The van der Waals surface area contributed by atoms with Gasteiger partial charge in [-0.1, -0.05) is 6.07 Å². The van der Waals surface area contributed by atoms with Crippen LogP contribution in [0.25, 0.3) is 0 Å². The highest BCUT2D eigenvalue weighted by Gasteiger charge is 2.17. The van der Waals surface area contributed by atoms with E-state index in [1.165, 1.54) is 18.2 Å². The molecule has 0 aliphatic heterocycles. The van der Waals surface area contributed by atoms with Crippen molar-refractivity contribution in [3.63, 3.8) is 0 Å². The minimum Gasteiger partial charge on any atom is -0.382 e. The molecule has 1 aromatic heterocycles. The lowest BCUT2D eigenvalue weighted by Crippen LogP contribution is -2.16. The third-order valence-corrected chi connectivity index (χ3v) is 2.81. The van der Waals surface area contributed by atoms with E-state index in [1.54, 1.807) is 6.92 Å². The second-order valence-corrected chi connectivity index (χ2v) is 4.23. The molecule has 0 bridgehead atoms. The molecular weight excluding hydrogens is 276 g/mol. The van der Waals surface area contributed by atoms with Crippen LogP contribution in [0.15, 0.2) is 24.5 Å². The summed E-state index contributed by atoms with van der Waals surface area (Å²) >= 11 is 0. The van der Waals surface area contributed by atoms with Crippen molar-refractivity contribution >= 4 is 28.9 Å². The number of nitro groups is 1. The maximum atomic E-state index is 12.1. The summed E-state index contributed by atoms with van der Waals surface area (Å²) in [4.78, 5) is 29.8. The third-order valence-electron chi connectivity index (χ3n) is 2.81. The van der Waals surface area contributed by atoms with Crippen molar-refractivity contribution in [2.45, 2.75) is 6.92 Å². The Bertz CT molecular complexity index is 711. The molecule has 1 aromatic carbocycles. The van der Waals surface area contributed by atoms with E-state index in [9.17, 15) is 14.9 Å². The predicted molar refractivity (Wildman–Crippen MR) is 76.6 cm³/mol. The predicted octanol–water partition coefficient (Wildman–Crippen LogP) is 1.11. The standard InChI is InChI=1S/C12H12N6O3/c1-6-2-3-7(4-8(6)18(20)21)12(19)17-9-10(13)15-5-16-11(9)14/h2-5H,1H3,(H,17,19)(H4,13,14,15,16). The molecule has 0 saturated heterocycles. The number of nitrogens with two attached hydrogens (primary N) is 2. The van der Waals surface area contributed by atoms with Crippen LogP contribution in [-0.4, -0.2) is 20.8 Å². The Labute approximate surface area is 119 Å². The Balaban J connectivity index is 2.33. The highest BCUT2D eigenvalue weighted by atomic mass is 16.6. The Morgan fingerprint density at radius 1 is 1.29 bits per heavy atom. The van der Waals surface area contributed by atoms with Crippen LogP contribution in [0.4, 0.5) is 23.0 Å². The van der Waals surface area contributed by atoms with Crippen LogP contribution in [0, 0.1) is 17.0 Å². The number of hydrogen-bond donors (Lipinski definition) is 3. The van der Waals surface area contributed by atoms with Gasteiger partial charge < -0.3 is 16.8 Å². The molecule has 0 unspecified atom stereocenters. The van der Waals surface area contributed by atoms with Gasteiger partial charge in [-0.05, 0) is 13.0 Å². The lowest BCUT2D eigenvalue weighted by atomic mass is 10.1. The van der Waals surface area contributed by atoms with Crippen molar-refractivity contribution in [3.05, 3.63) is 45.8 Å². The van der Waals surface area contributed by atoms with E-state index in [1.807, 2.05) is 0 Å². The SMILES string of the molecule is Cc1ccc(C(=O)Nc2c(N)ncnc2N)cc1[N+](=O)[O-]. The Morgan fingerprint density at radius 2 is 1.90 bits per heavy atom. The van der Waals surface area contributed by atoms with Gasteiger partial charge in [0.25, 0.3) is 11.6 Å². The first-order valence-corrected chi connectivity index (χ1v) is 5.82. The molecule has 0 aliphatic rings. The van der Waals surface area contributed by atoms with Crippen molar-refractivity contribution in [3.8, 4) is 0 Å². The molecule has 9 nitrogen and oxygen atoms in total. The van der Waals surface area contributed by atoms with E-state index in [4.69, 9.17) is 11.5 Å². The molecule has 0 aliphatic carbocycles. The number of nitrogen functional groups attached to an aromatic ring is 2. The van der Waals surface area contributed by atoms with E-state index < -0.39 is 10.8 Å². The van der Waals surface area contributed by atoms with Crippen LogP contribution >= 0.6 is 0 Å². The average molecular weight is 288 g/mol. The van der Waals surface area contributed by atoms with Crippen LogP contribution in [0.5, 0.6) is 0 Å². The number of benzene rings is 1. The summed E-state index contributed by atoms with van der Waals surface area (Å²) in [6.07, 6.45) is 1.16. The molecule has 21 heavy (non-hydrogen) atoms. The number of nitrogens with zero attached hydrogens (tertiary/aromatic N) is 3. The molecule has 9 heteroatoms. The quantitative estimate of drug-likeness (QED) is 0.565. The maximum Gasteiger partial charge on any atom is 0.273 e. The lowest BCUT2D eigenvalue weighted by Gasteiger charge is -2.09. The molecule has 0 atom stereocenters. The second kappa shape index (κ2) is 5.41. The molecule has 108 valence electrons. The van der Waals surface area contributed by atoms with E-state index in [0.29, 0.717) is 5.56 Å². The smallest absolute Gasteiger partial charge is 0.273 e. The van der Waals surface area contributed by atoms with Gasteiger partial charge in [0, 0.05) is 17.2 Å². The zero-order chi connectivity index (χ0) is 15.6. The van der Waals surface area contributed by atoms with Crippen molar-refractivity contribution < 1.29 is 9.72 Å². The van der Waals surface area contributed by atoms with Gasteiger partial charge in [-0.3, -0.25) is 14.9 Å². The monoisotopic (exact) mass is 288 g/mol. The van der Waals surface area contributed by atoms with E-state index in [2.05, 4.69) is 15.3 Å². The number of aromatic nitrogens is 2. The van der Waals surface area contributed by atoms with Gasteiger partial charge in [-0.15, -0.1) is 0 Å². The summed E-state index contributed by atoms with van der Waals surface area (Å²) in [5, 5.41) is 13.3. The summed E-state index contributed by atoms with van der Waals surface area (Å²) in [7, 11) is 0. The minimum absolute atomic E-state index is 0.0115. The van der Waals surface area contributed by atoms with Crippen LogP contribution in [-0.2, 0) is 0 Å². The first-order chi connectivity index (χ1) is 9.90. The zero-order valence-electron chi connectivity index (χ0n) is 11.0. The summed E-state index contributed by atoms with van der Waals surface area (Å²) in [5.41, 5.74) is 11.7. The largest absolute Gasteiger partial charge is 0.382 e. The van der Waals surface area contributed by atoms with Crippen LogP contribution < -0.4 is 16.8 Å². The summed E-state index contributed by atoms with van der Waals surface area (Å²) < 4.78 is 0. The number of nitro benzene ring substituents is 1. The van der Waals surface area contributed by atoms with Crippen molar-refractivity contribution in [2.75, 3.05) is 16.8 Å². The first-order valence-electron chi connectivity index (χ1n) is 5.82. The highest BCUT2D eigenvalue weighted by molar-refractivity contribution is 6.07. The fraction of sp³-hybridized carbons (Fsp3) is 0.0833.